The number of hydrogen-bond donors (Lipinski definition) is 0. The Morgan fingerprint density at radius 2 is 0.685 bits per heavy atom. The van der Waals surface area contributed by atoms with Gasteiger partial charge in [0.15, 0.2) is 0 Å². The van der Waals surface area contributed by atoms with E-state index in [2.05, 4.69) is 273 Å². The molecule has 4 aliphatic rings. The SMILES string of the molecule is c1ccc(N(c2ccccc2)c2cc3c4c(c2)-n2c5cc6c(cc5c5cccc(c52)B4c2ccccc2N3c2ccccc2)c2cccc3c2n6-c2cccc4c2B3c2ccccc2N4c2ccccc2)cc1. The fourth-order valence-corrected chi connectivity index (χ4v) is 13.7. The van der Waals surface area contributed by atoms with Crippen molar-refractivity contribution in [1.29, 1.82) is 0 Å². The molecule has 11 aromatic carbocycles. The molecule has 7 heteroatoms. The highest BCUT2D eigenvalue weighted by Crippen LogP contribution is 2.48. The smallest absolute Gasteiger partial charge is 0.252 e. The monoisotopic (exact) mass is 925 g/mol. The van der Waals surface area contributed by atoms with E-state index in [0.717, 1.165) is 28.4 Å². The Morgan fingerprint density at radius 3 is 1.25 bits per heavy atom. The molecule has 0 radical (unpaired) electrons. The summed E-state index contributed by atoms with van der Waals surface area (Å²) in [5.74, 6) is 0. The van der Waals surface area contributed by atoms with E-state index in [1.807, 2.05) is 0 Å². The van der Waals surface area contributed by atoms with E-state index in [1.165, 1.54) is 111 Å². The largest absolute Gasteiger partial charge is 0.311 e. The zero-order valence-electron chi connectivity index (χ0n) is 39.6. The Hall–Kier alpha value is -9.45. The fourth-order valence-electron chi connectivity index (χ4n) is 13.7. The van der Waals surface area contributed by atoms with Crippen LogP contribution in [0.1, 0.15) is 0 Å². The summed E-state index contributed by atoms with van der Waals surface area (Å²) in [5, 5.41) is 5.09. The van der Waals surface area contributed by atoms with Crippen LogP contribution in [0.4, 0.5) is 51.2 Å². The molecule has 0 unspecified atom stereocenters. The van der Waals surface area contributed by atoms with Gasteiger partial charge in [-0.2, -0.15) is 0 Å². The van der Waals surface area contributed by atoms with Crippen molar-refractivity contribution >= 4 is 141 Å². The third-order valence-electron chi connectivity index (χ3n) is 16.4. The summed E-state index contributed by atoms with van der Waals surface area (Å²) < 4.78 is 5.24. The van der Waals surface area contributed by atoms with Crippen LogP contribution in [-0.4, -0.2) is 22.6 Å². The van der Waals surface area contributed by atoms with Crippen molar-refractivity contribution in [2.45, 2.75) is 0 Å². The summed E-state index contributed by atoms with van der Waals surface area (Å²) in [4.78, 5) is 7.41. The van der Waals surface area contributed by atoms with Gasteiger partial charge in [-0.25, -0.2) is 0 Å². The minimum atomic E-state index is 0.0121. The van der Waals surface area contributed by atoms with Gasteiger partial charge < -0.3 is 23.8 Å². The van der Waals surface area contributed by atoms with Crippen LogP contribution in [0.5, 0.6) is 0 Å². The summed E-state index contributed by atoms with van der Waals surface area (Å²) in [5.41, 5.74) is 25.9. The molecule has 0 saturated carbocycles. The standard InChI is InChI=1S/C66H41B2N5/c1-5-20-42(21-6-1)69(43-22-7-2-8-23-43)46-38-61-64-62(39-46)73-60-41-59-49(40-50(60)48-29-18-33-54(66(48)73)68(64)52-31-14-16-35-56(52)71(61)45-26-11-4-12-27-45)47-28-17-32-53-65(47)72(59)58-37-19-36-57-63(58)67(53)51-30-13-15-34-55(51)70(57)44-24-9-3-10-25-44/h1-41H. The predicted octanol–water partition coefficient (Wildman–Crippen LogP) is 12.6. The van der Waals surface area contributed by atoms with Crippen LogP contribution >= 0.6 is 0 Å². The van der Waals surface area contributed by atoms with Crippen molar-refractivity contribution in [1.82, 2.24) is 9.13 Å². The van der Waals surface area contributed by atoms with Crippen LogP contribution in [0.25, 0.3) is 55.0 Å². The molecule has 0 amide bonds. The van der Waals surface area contributed by atoms with E-state index in [-0.39, 0.29) is 13.4 Å². The minimum absolute atomic E-state index is 0.0121. The van der Waals surface area contributed by atoms with Crippen LogP contribution in [0.15, 0.2) is 249 Å². The molecule has 17 rings (SSSR count). The summed E-state index contributed by atoms with van der Waals surface area (Å²) in [6, 6.07) is 92.6. The molecule has 0 bridgehead atoms. The lowest BCUT2D eigenvalue weighted by Crippen LogP contribution is -2.60. The Morgan fingerprint density at radius 1 is 0.274 bits per heavy atom. The van der Waals surface area contributed by atoms with Gasteiger partial charge in [-0.15, -0.1) is 0 Å². The molecule has 0 aliphatic carbocycles. The molecule has 5 nitrogen and oxygen atoms in total. The van der Waals surface area contributed by atoms with Gasteiger partial charge >= 0.3 is 0 Å². The number of aromatic nitrogens is 2. The second-order valence-corrected chi connectivity index (χ2v) is 20.0. The van der Waals surface area contributed by atoms with Gasteiger partial charge in [-0.05, 0) is 130 Å². The normalized spacial score (nSPS) is 13.4. The average Bonchev–Trinajstić information content (AvgIpc) is 3.97. The van der Waals surface area contributed by atoms with E-state index in [4.69, 9.17) is 0 Å². The van der Waals surface area contributed by atoms with Crippen molar-refractivity contribution in [2.24, 2.45) is 0 Å². The Bertz CT molecular complexity index is 4430. The summed E-state index contributed by atoms with van der Waals surface area (Å²) in [6.45, 7) is 0.0944. The first-order chi connectivity index (χ1) is 36.3. The average molecular weight is 926 g/mol. The highest BCUT2D eigenvalue weighted by molar-refractivity contribution is 7.01. The van der Waals surface area contributed by atoms with Gasteiger partial charge in [0.05, 0.1) is 16.7 Å². The number of nitrogens with zero attached hydrogens (tertiary/aromatic N) is 5. The van der Waals surface area contributed by atoms with E-state index in [0.29, 0.717) is 0 Å². The topological polar surface area (TPSA) is 19.6 Å². The maximum atomic E-state index is 2.63. The first-order valence-corrected chi connectivity index (χ1v) is 25.4. The Labute approximate surface area is 422 Å². The second-order valence-electron chi connectivity index (χ2n) is 20.0. The molecule has 336 valence electrons. The molecular formula is C66H41B2N5. The first-order valence-electron chi connectivity index (χ1n) is 25.4. The lowest BCUT2D eigenvalue weighted by atomic mass is 9.34. The van der Waals surface area contributed by atoms with Gasteiger partial charge in [0.2, 0.25) is 0 Å². The molecule has 0 N–H and O–H groups in total. The third kappa shape index (κ3) is 5.17. The molecule has 73 heavy (non-hydrogen) atoms. The number of anilines is 9. The Balaban J connectivity index is 1.00. The Kier molecular flexibility index (Phi) is 7.84. The molecule has 0 fully saturated rings. The highest BCUT2D eigenvalue weighted by atomic mass is 15.2. The molecule has 6 heterocycles. The molecule has 2 aromatic heterocycles. The highest BCUT2D eigenvalue weighted by Gasteiger charge is 2.44. The first kappa shape index (κ1) is 39.3. The number of fused-ring (bicyclic) bond motifs is 14. The quantitative estimate of drug-likeness (QED) is 0.160. The van der Waals surface area contributed by atoms with Gasteiger partial charge in [0, 0.05) is 89.5 Å². The maximum absolute atomic E-state index is 2.63. The summed E-state index contributed by atoms with van der Waals surface area (Å²) in [6.07, 6.45) is 0. The number of para-hydroxylation sites is 8. The second kappa shape index (κ2) is 14.6. The zero-order valence-corrected chi connectivity index (χ0v) is 39.6. The molecule has 0 saturated heterocycles. The van der Waals surface area contributed by atoms with Crippen molar-refractivity contribution in [3.8, 4) is 11.4 Å². The molecule has 0 atom stereocenters. The molecular weight excluding hydrogens is 884 g/mol. The zero-order chi connectivity index (χ0) is 47.5. The van der Waals surface area contributed by atoms with Crippen LogP contribution in [0.3, 0.4) is 0 Å². The number of rotatable bonds is 5. The van der Waals surface area contributed by atoms with Gasteiger partial charge in [-0.1, -0.05) is 152 Å². The summed E-state index contributed by atoms with van der Waals surface area (Å²) >= 11 is 0. The van der Waals surface area contributed by atoms with E-state index < -0.39 is 0 Å². The minimum Gasteiger partial charge on any atom is -0.311 e. The number of hydrogen-bond acceptors (Lipinski definition) is 3. The van der Waals surface area contributed by atoms with Gasteiger partial charge in [-0.3, -0.25) is 0 Å². The number of benzene rings is 11. The van der Waals surface area contributed by atoms with Crippen molar-refractivity contribution in [3.05, 3.63) is 249 Å². The lowest BCUT2D eigenvalue weighted by Gasteiger charge is -2.41. The maximum Gasteiger partial charge on any atom is 0.252 e. The summed E-state index contributed by atoms with van der Waals surface area (Å²) in [7, 11) is 0. The van der Waals surface area contributed by atoms with Gasteiger partial charge in [0.25, 0.3) is 13.4 Å². The molecule has 0 spiro atoms. The van der Waals surface area contributed by atoms with E-state index in [1.54, 1.807) is 0 Å². The van der Waals surface area contributed by atoms with Crippen LogP contribution in [0.2, 0.25) is 0 Å². The molecule has 13 aromatic rings. The van der Waals surface area contributed by atoms with Crippen molar-refractivity contribution in [3.63, 3.8) is 0 Å². The molecule has 4 aliphatic heterocycles. The lowest BCUT2D eigenvalue weighted by molar-refractivity contribution is 1.16. The fraction of sp³-hybridized carbons (Fsp3) is 0. The van der Waals surface area contributed by atoms with Crippen LogP contribution in [0, 0.1) is 0 Å². The predicted molar refractivity (Wildman–Crippen MR) is 308 cm³/mol. The van der Waals surface area contributed by atoms with Gasteiger partial charge in [0.1, 0.15) is 0 Å². The van der Waals surface area contributed by atoms with Crippen LogP contribution in [-0.2, 0) is 0 Å². The van der Waals surface area contributed by atoms with Crippen LogP contribution < -0.4 is 47.5 Å². The van der Waals surface area contributed by atoms with Crippen molar-refractivity contribution in [2.75, 3.05) is 14.7 Å². The van der Waals surface area contributed by atoms with E-state index >= 15 is 0 Å². The van der Waals surface area contributed by atoms with Crippen molar-refractivity contribution < 1.29 is 0 Å². The van der Waals surface area contributed by atoms with E-state index in [9.17, 15) is 0 Å². The third-order valence-corrected chi connectivity index (χ3v) is 16.4.